The van der Waals surface area contributed by atoms with E-state index in [1.807, 2.05) is 65.4 Å². The van der Waals surface area contributed by atoms with Crippen LogP contribution in [0.4, 0.5) is 0 Å². The van der Waals surface area contributed by atoms with Gasteiger partial charge in [-0.2, -0.15) is 0 Å². The number of nitrogens with one attached hydrogen (secondary N) is 1. The number of aromatic nitrogens is 4. The van der Waals surface area contributed by atoms with Crippen molar-refractivity contribution in [3.63, 3.8) is 0 Å². The van der Waals surface area contributed by atoms with Crippen LogP contribution in [0.25, 0.3) is 17.1 Å². The van der Waals surface area contributed by atoms with Crippen LogP contribution in [0.3, 0.4) is 0 Å². The molecule has 158 valence electrons. The molecule has 4 rings (SSSR count). The first-order valence-electron chi connectivity index (χ1n) is 9.75. The summed E-state index contributed by atoms with van der Waals surface area (Å²) in [7, 11) is 0. The normalized spacial score (nSPS) is 10.7. The molecule has 7 nitrogen and oxygen atoms in total. The average Bonchev–Trinajstić information content (AvgIpc) is 3.48. The van der Waals surface area contributed by atoms with Crippen molar-refractivity contribution in [1.82, 2.24) is 25.1 Å². The summed E-state index contributed by atoms with van der Waals surface area (Å²) in [6.07, 6.45) is 3.46. The van der Waals surface area contributed by atoms with Crippen molar-refractivity contribution in [2.45, 2.75) is 18.6 Å². The van der Waals surface area contributed by atoms with Crippen LogP contribution in [0, 0.1) is 0 Å². The van der Waals surface area contributed by atoms with Crippen LogP contribution >= 0.6 is 23.1 Å². The van der Waals surface area contributed by atoms with E-state index in [1.165, 1.54) is 11.8 Å². The Balaban J connectivity index is 1.55. The molecule has 3 heterocycles. The lowest BCUT2D eigenvalue weighted by molar-refractivity contribution is -0.118. The fourth-order valence-corrected chi connectivity index (χ4v) is 4.34. The SMILES string of the molecule is CCOc1ccc(-n2c(SCC(=O)NCc3cccs3)nnc2-c2cccnc2)cc1. The van der Waals surface area contributed by atoms with Crippen LogP contribution in [0.2, 0.25) is 0 Å². The van der Waals surface area contributed by atoms with Crippen LogP contribution in [-0.2, 0) is 11.3 Å². The van der Waals surface area contributed by atoms with Crippen LogP contribution in [0.5, 0.6) is 5.75 Å². The highest BCUT2D eigenvalue weighted by Crippen LogP contribution is 2.28. The Morgan fingerprint density at radius 3 is 2.74 bits per heavy atom. The standard InChI is InChI=1S/C22H21N5O2S2/c1-2-29-18-9-7-17(8-10-18)27-21(16-5-3-11-23-13-16)25-26-22(27)31-15-20(28)24-14-19-6-4-12-30-19/h3-13H,2,14-15H2,1H3,(H,24,28). The topological polar surface area (TPSA) is 81.9 Å². The molecular formula is C22H21N5O2S2. The Morgan fingerprint density at radius 1 is 1.16 bits per heavy atom. The largest absolute Gasteiger partial charge is 0.494 e. The van der Waals surface area contributed by atoms with Crippen molar-refractivity contribution < 1.29 is 9.53 Å². The lowest BCUT2D eigenvalue weighted by atomic mass is 10.2. The van der Waals surface area contributed by atoms with Crippen molar-refractivity contribution in [3.8, 4) is 22.8 Å². The van der Waals surface area contributed by atoms with Gasteiger partial charge < -0.3 is 10.1 Å². The molecule has 31 heavy (non-hydrogen) atoms. The van der Waals surface area contributed by atoms with Gasteiger partial charge in [-0.3, -0.25) is 14.3 Å². The lowest BCUT2D eigenvalue weighted by Gasteiger charge is -2.11. The number of nitrogens with zero attached hydrogens (tertiary/aromatic N) is 4. The summed E-state index contributed by atoms with van der Waals surface area (Å²) in [5.74, 6) is 1.65. The zero-order valence-corrected chi connectivity index (χ0v) is 18.5. The minimum absolute atomic E-state index is 0.0532. The quantitative estimate of drug-likeness (QED) is 0.384. The number of carbonyl (C=O) groups is 1. The summed E-state index contributed by atoms with van der Waals surface area (Å²) in [5.41, 5.74) is 1.73. The van der Waals surface area contributed by atoms with Gasteiger partial charge in [0.1, 0.15) is 5.75 Å². The number of carbonyl (C=O) groups excluding carboxylic acids is 1. The molecule has 1 N–H and O–H groups in total. The Morgan fingerprint density at radius 2 is 2.03 bits per heavy atom. The van der Waals surface area contributed by atoms with Gasteiger partial charge in [0.05, 0.1) is 18.9 Å². The molecule has 0 saturated carbocycles. The van der Waals surface area contributed by atoms with E-state index in [2.05, 4.69) is 20.5 Å². The van der Waals surface area contributed by atoms with Gasteiger partial charge in [-0.15, -0.1) is 21.5 Å². The minimum atomic E-state index is -0.0532. The van der Waals surface area contributed by atoms with E-state index in [0.717, 1.165) is 21.9 Å². The third-order valence-electron chi connectivity index (χ3n) is 4.33. The maximum atomic E-state index is 12.3. The van der Waals surface area contributed by atoms with Gasteiger partial charge >= 0.3 is 0 Å². The van der Waals surface area contributed by atoms with Gasteiger partial charge in [0.2, 0.25) is 5.91 Å². The average molecular weight is 452 g/mol. The Labute approximate surface area is 188 Å². The summed E-state index contributed by atoms with van der Waals surface area (Å²) in [4.78, 5) is 17.7. The summed E-state index contributed by atoms with van der Waals surface area (Å²) >= 11 is 2.97. The van der Waals surface area contributed by atoms with Crippen molar-refractivity contribution in [2.24, 2.45) is 0 Å². The molecule has 0 bridgehead atoms. The summed E-state index contributed by atoms with van der Waals surface area (Å²) in [6, 6.07) is 15.5. The molecule has 0 unspecified atom stereocenters. The Hall–Kier alpha value is -3.17. The Kier molecular flexibility index (Phi) is 6.96. The second-order valence-electron chi connectivity index (χ2n) is 6.45. The first-order valence-corrected chi connectivity index (χ1v) is 11.6. The van der Waals surface area contributed by atoms with E-state index in [-0.39, 0.29) is 11.7 Å². The first kappa shape index (κ1) is 21.1. The molecule has 9 heteroatoms. The van der Waals surface area contributed by atoms with E-state index < -0.39 is 0 Å². The first-order chi connectivity index (χ1) is 15.2. The molecule has 0 fully saturated rings. The number of benzene rings is 1. The zero-order valence-electron chi connectivity index (χ0n) is 16.9. The number of amides is 1. The van der Waals surface area contributed by atoms with Crippen LogP contribution in [-0.4, -0.2) is 38.0 Å². The highest BCUT2D eigenvalue weighted by Gasteiger charge is 2.17. The van der Waals surface area contributed by atoms with Gasteiger partial charge in [0, 0.05) is 28.5 Å². The van der Waals surface area contributed by atoms with E-state index in [4.69, 9.17) is 4.74 Å². The van der Waals surface area contributed by atoms with Crippen molar-refractivity contribution in [2.75, 3.05) is 12.4 Å². The summed E-state index contributed by atoms with van der Waals surface area (Å²) in [6.45, 7) is 3.09. The van der Waals surface area contributed by atoms with Crippen LogP contribution < -0.4 is 10.1 Å². The van der Waals surface area contributed by atoms with E-state index >= 15 is 0 Å². The third-order valence-corrected chi connectivity index (χ3v) is 6.14. The lowest BCUT2D eigenvalue weighted by Crippen LogP contribution is -2.24. The fraction of sp³-hybridized carbons (Fsp3) is 0.182. The van der Waals surface area contributed by atoms with Crippen molar-refractivity contribution in [1.29, 1.82) is 0 Å². The number of hydrogen-bond donors (Lipinski definition) is 1. The predicted molar refractivity (Wildman–Crippen MR) is 123 cm³/mol. The summed E-state index contributed by atoms with van der Waals surface area (Å²) in [5, 5.41) is 14.3. The highest BCUT2D eigenvalue weighted by atomic mass is 32.2. The molecule has 3 aromatic heterocycles. The number of thiophene rings is 1. The molecule has 4 aromatic rings. The highest BCUT2D eigenvalue weighted by molar-refractivity contribution is 7.99. The number of thioether (sulfide) groups is 1. The van der Waals surface area contributed by atoms with E-state index in [9.17, 15) is 4.79 Å². The number of ether oxygens (including phenoxy) is 1. The zero-order chi connectivity index (χ0) is 21.5. The number of pyridine rings is 1. The third kappa shape index (κ3) is 5.31. The molecule has 0 spiro atoms. The molecule has 1 aromatic carbocycles. The van der Waals surface area contributed by atoms with Gasteiger partial charge in [-0.1, -0.05) is 17.8 Å². The smallest absolute Gasteiger partial charge is 0.230 e. The maximum absolute atomic E-state index is 12.3. The van der Waals surface area contributed by atoms with Gasteiger partial charge in [-0.05, 0) is 54.8 Å². The molecule has 0 saturated heterocycles. The maximum Gasteiger partial charge on any atom is 0.230 e. The Bertz CT molecular complexity index is 1110. The van der Waals surface area contributed by atoms with Gasteiger partial charge in [0.15, 0.2) is 11.0 Å². The fourth-order valence-electron chi connectivity index (χ4n) is 2.92. The van der Waals surface area contributed by atoms with Gasteiger partial charge in [0.25, 0.3) is 0 Å². The molecular weight excluding hydrogens is 430 g/mol. The minimum Gasteiger partial charge on any atom is -0.494 e. The van der Waals surface area contributed by atoms with Crippen LogP contribution in [0.1, 0.15) is 11.8 Å². The molecule has 0 aliphatic carbocycles. The monoisotopic (exact) mass is 451 g/mol. The van der Waals surface area contributed by atoms with Crippen molar-refractivity contribution >= 4 is 29.0 Å². The predicted octanol–water partition coefficient (Wildman–Crippen LogP) is 4.20. The summed E-state index contributed by atoms with van der Waals surface area (Å²) < 4.78 is 7.49. The van der Waals surface area contributed by atoms with Gasteiger partial charge in [-0.25, -0.2) is 0 Å². The van der Waals surface area contributed by atoms with E-state index in [1.54, 1.807) is 23.7 Å². The molecule has 0 radical (unpaired) electrons. The molecule has 0 aliphatic rings. The van der Waals surface area contributed by atoms with Crippen molar-refractivity contribution in [3.05, 3.63) is 71.2 Å². The number of rotatable bonds is 9. The molecule has 0 aliphatic heterocycles. The second kappa shape index (κ2) is 10.2. The number of hydrogen-bond acceptors (Lipinski definition) is 7. The molecule has 0 atom stereocenters. The second-order valence-corrected chi connectivity index (χ2v) is 8.43. The van der Waals surface area contributed by atoms with E-state index in [0.29, 0.717) is 24.1 Å². The molecule has 1 amide bonds. The van der Waals surface area contributed by atoms with Crippen LogP contribution in [0.15, 0.2) is 71.5 Å².